The molecule has 1 saturated heterocycles. The first-order valence-electron chi connectivity index (χ1n) is 9.29. The zero-order valence-electron chi connectivity index (χ0n) is 15.4. The van der Waals surface area contributed by atoms with Gasteiger partial charge >= 0.3 is 0 Å². The van der Waals surface area contributed by atoms with Crippen molar-refractivity contribution in [2.75, 3.05) is 49.1 Å². The highest BCUT2D eigenvalue weighted by Crippen LogP contribution is 2.31. The summed E-state index contributed by atoms with van der Waals surface area (Å²) in [6, 6.07) is 12.9. The van der Waals surface area contributed by atoms with Gasteiger partial charge in [0.25, 0.3) is 5.91 Å². The summed E-state index contributed by atoms with van der Waals surface area (Å²) in [5.41, 5.74) is 0.725. The summed E-state index contributed by atoms with van der Waals surface area (Å²) < 4.78 is 5.44. The largest absolute Gasteiger partial charge is 0.482 e. The minimum Gasteiger partial charge on any atom is -0.482 e. The molecule has 0 N–H and O–H groups in total. The van der Waals surface area contributed by atoms with Crippen molar-refractivity contribution in [1.82, 2.24) is 9.88 Å². The van der Waals surface area contributed by atoms with Gasteiger partial charge in [0.2, 0.25) is 5.91 Å². The monoisotopic (exact) mass is 400 g/mol. The molecule has 0 aliphatic carbocycles. The van der Waals surface area contributed by atoms with E-state index < -0.39 is 0 Å². The first-order valence-corrected chi connectivity index (χ1v) is 9.67. The number of para-hydroxylation sites is 2. The number of halogens is 1. The third kappa shape index (κ3) is 3.89. The van der Waals surface area contributed by atoms with Gasteiger partial charge in [-0.1, -0.05) is 29.8 Å². The number of carbonyl (C=O) groups excluding carboxylic acids is 2. The van der Waals surface area contributed by atoms with E-state index in [1.54, 1.807) is 11.0 Å². The van der Waals surface area contributed by atoms with Crippen LogP contribution >= 0.6 is 11.6 Å². The summed E-state index contributed by atoms with van der Waals surface area (Å²) >= 11 is 5.96. The van der Waals surface area contributed by atoms with Crippen LogP contribution in [0.1, 0.15) is 6.42 Å². The predicted molar refractivity (Wildman–Crippen MR) is 107 cm³/mol. The fraction of sp³-hybridized carbons (Fsp3) is 0.350. The van der Waals surface area contributed by atoms with Gasteiger partial charge in [-0.2, -0.15) is 0 Å². The summed E-state index contributed by atoms with van der Waals surface area (Å²) in [7, 11) is 0. The lowest BCUT2D eigenvalue weighted by Crippen LogP contribution is -2.50. The molecule has 2 aliphatic heterocycles. The van der Waals surface area contributed by atoms with Crippen molar-refractivity contribution >= 4 is 34.9 Å². The average Bonchev–Trinajstić information content (AvgIpc) is 2.73. The van der Waals surface area contributed by atoms with E-state index in [-0.39, 0.29) is 24.8 Å². The molecule has 1 aromatic heterocycles. The zero-order chi connectivity index (χ0) is 19.5. The number of pyridine rings is 1. The number of benzene rings is 1. The molecule has 0 unspecified atom stereocenters. The number of anilines is 2. The number of carbonyl (C=O) groups is 2. The highest BCUT2D eigenvalue weighted by atomic mass is 35.5. The molecule has 8 heteroatoms. The second-order valence-corrected chi connectivity index (χ2v) is 7.13. The molecule has 1 aromatic carbocycles. The molecule has 146 valence electrons. The average molecular weight is 401 g/mol. The van der Waals surface area contributed by atoms with E-state index in [2.05, 4.69) is 9.88 Å². The molecule has 0 radical (unpaired) electrons. The number of aromatic nitrogens is 1. The molecule has 2 aromatic rings. The Bertz CT molecular complexity index is 883. The molecule has 0 saturated carbocycles. The first kappa shape index (κ1) is 18.6. The molecule has 0 bridgehead atoms. The molecular weight excluding hydrogens is 380 g/mol. The van der Waals surface area contributed by atoms with Crippen LogP contribution in [0.3, 0.4) is 0 Å². The van der Waals surface area contributed by atoms with E-state index in [1.165, 1.54) is 0 Å². The quantitative estimate of drug-likeness (QED) is 0.736. The maximum absolute atomic E-state index is 12.7. The molecule has 4 rings (SSSR count). The Morgan fingerprint density at radius 1 is 1.07 bits per heavy atom. The summed E-state index contributed by atoms with van der Waals surface area (Å²) in [6.07, 6.45) is 0.287. The lowest BCUT2D eigenvalue weighted by atomic mass is 10.2. The highest BCUT2D eigenvalue weighted by molar-refractivity contribution is 6.29. The van der Waals surface area contributed by atoms with Crippen LogP contribution in [0.15, 0.2) is 42.5 Å². The summed E-state index contributed by atoms with van der Waals surface area (Å²) in [5.74, 6) is 1.44. The third-order valence-electron chi connectivity index (χ3n) is 5.01. The number of fused-ring (bicyclic) bond motifs is 1. The zero-order valence-corrected chi connectivity index (χ0v) is 16.1. The molecule has 1 fully saturated rings. The van der Waals surface area contributed by atoms with Crippen LogP contribution in [0.4, 0.5) is 11.5 Å². The van der Waals surface area contributed by atoms with Crippen LogP contribution in [0.2, 0.25) is 5.15 Å². The van der Waals surface area contributed by atoms with Gasteiger partial charge in [0.15, 0.2) is 6.61 Å². The smallest absolute Gasteiger partial charge is 0.265 e. The van der Waals surface area contributed by atoms with Gasteiger partial charge in [-0.3, -0.25) is 9.59 Å². The number of rotatable bonds is 4. The van der Waals surface area contributed by atoms with Crippen LogP contribution in [-0.2, 0) is 9.59 Å². The normalized spacial score (nSPS) is 16.6. The molecule has 0 spiro atoms. The summed E-state index contributed by atoms with van der Waals surface area (Å²) in [6.45, 7) is 3.03. The van der Waals surface area contributed by atoms with Crippen molar-refractivity contribution in [3.63, 3.8) is 0 Å². The number of hydrogen-bond donors (Lipinski definition) is 0. The van der Waals surface area contributed by atoms with E-state index in [0.717, 1.165) is 11.5 Å². The molecule has 3 heterocycles. The topological polar surface area (TPSA) is 66.0 Å². The number of piperazine rings is 1. The van der Waals surface area contributed by atoms with Gasteiger partial charge in [0.1, 0.15) is 16.7 Å². The van der Waals surface area contributed by atoms with Crippen molar-refractivity contribution in [2.45, 2.75) is 6.42 Å². The fourth-order valence-electron chi connectivity index (χ4n) is 3.52. The molecule has 7 nitrogen and oxygen atoms in total. The van der Waals surface area contributed by atoms with E-state index in [1.807, 2.05) is 41.3 Å². The minimum atomic E-state index is -0.122. The van der Waals surface area contributed by atoms with Crippen LogP contribution in [0.5, 0.6) is 5.75 Å². The van der Waals surface area contributed by atoms with Gasteiger partial charge < -0.3 is 19.4 Å². The lowest BCUT2D eigenvalue weighted by molar-refractivity contribution is -0.131. The van der Waals surface area contributed by atoms with Crippen molar-refractivity contribution < 1.29 is 14.3 Å². The molecule has 2 amide bonds. The molecular formula is C20H21ClN4O3. The van der Waals surface area contributed by atoms with Crippen molar-refractivity contribution in [3.8, 4) is 5.75 Å². The summed E-state index contributed by atoms with van der Waals surface area (Å²) in [4.78, 5) is 34.8. The predicted octanol–water partition coefficient (Wildman–Crippen LogP) is 2.20. The standard InChI is InChI=1S/C20H21ClN4O3/c21-17-6-3-7-18(22-17)23-10-12-24(13-11-23)19(26)8-9-25-15-4-1-2-5-16(15)28-14-20(25)27/h1-7H,8-14H2. The Kier molecular flexibility index (Phi) is 5.34. The number of hydrogen-bond acceptors (Lipinski definition) is 5. The minimum absolute atomic E-state index is 0.0104. The Morgan fingerprint density at radius 2 is 1.86 bits per heavy atom. The van der Waals surface area contributed by atoms with Crippen molar-refractivity contribution in [1.29, 1.82) is 0 Å². The SMILES string of the molecule is O=C(CCN1C(=O)COc2ccccc21)N1CCN(c2cccc(Cl)n2)CC1. The third-order valence-corrected chi connectivity index (χ3v) is 5.22. The van der Waals surface area contributed by atoms with Crippen LogP contribution in [-0.4, -0.2) is 61.0 Å². The van der Waals surface area contributed by atoms with E-state index in [9.17, 15) is 9.59 Å². The van der Waals surface area contributed by atoms with Gasteiger partial charge in [-0.15, -0.1) is 0 Å². The summed E-state index contributed by atoms with van der Waals surface area (Å²) in [5, 5.41) is 0.464. The first-order chi connectivity index (χ1) is 13.6. The maximum atomic E-state index is 12.7. The van der Waals surface area contributed by atoms with Crippen molar-refractivity contribution in [2.24, 2.45) is 0 Å². The lowest BCUT2D eigenvalue weighted by Gasteiger charge is -2.36. The number of nitrogens with zero attached hydrogens (tertiary/aromatic N) is 4. The van der Waals surface area contributed by atoms with Crippen LogP contribution < -0.4 is 14.5 Å². The van der Waals surface area contributed by atoms with Crippen LogP contribution in [0, 0.1) is 0 Å². The second kappa shape index (κ2) is 8.06. The Labute approximate surface area is 168 Å². The van der Waals surface area contributed by atoms with E-state index >= 15 is 0 Å². The van der Waals surface area contributed by atoms with Crippen molar-refractivity contribution in [3.05, 3.63) is 47.6 Å². The van der Waals surface area contributed by atoms with Gasteiger partial charge in [-0.25, -0.2) is 4.98 Å². The Hall–Kier alpha value is -2.80. The van der Waals surface area contributed by atoms with Gasteiger partial charge in [0.05, 0.1) is 5.69 Å². The van der Waals surface area contributed by atoms with E-state index in [4.69, 9.17) is 16.3 Å². The molecule has 28 heavy (non-hydrogen) atoms. The molecule has 2 aliphatic rings. The van der Waals surface area contributed by atoms with Gasteiger partial charge in [0, 0.05) is 39.1 Å². The second-order valence-electron chi connectivity index (χ2n) is 6.74. The Balaban J connectivity index is 1.32. The molecule has 0 atom stereocenters. The maximum Gasteiger partial charge on any atom is 0.265 e. The number of amides is 2. The van der Waals surface area contributed by atoms with Crippen LogP contribution in [0.25, 0.3) is 0 Å². The number of ether oxygens (including phenoxy) is 1. The fourth-order valence-corrected chi connectivity index (χ4v) is 3.68. The Morgan fingerprint density at radius 3 is 2.64 bits per heavy atom. The van der Waals surface area contributed by atoms with E-state index in [0.29, 0.717) is 43.6 Å². The highest BCUT2D eigenvalue weighted by Gasteiger charge is 2.27. The van der Waals surface area contributed by atoms with Gasteiger partial charge in [-0.05, 0) is 24.3 Å².